The van der Waals surface area contributed by atoms with Gasteiger partial charge in [0.05, 0.1) is 16.8 Å². The molecule has 0 spiro atoms. The first-order valence-corrected chi connectivity index (χ1v) is 6.04. The highest BCUT2D eigenvalue weighted by molar-refractivity contribution is 5.24. The molecule has 2 N–H and O–H groups in total. The molecule has 1 unspecified atom stereocenters. The molecule has 1 atom stereocenters. The summed E-state index contributed by atoms with van der Waals surface area (Å²) in [7, 11) is 0. The van der Waals surface area contributed by atoms with Crippen molar-refractivity contribution < 1.29 is 23.4 Å². The van der Waals surface area contributed by atoms with Gasteiger partial charge >= 0.3 is 6.18 Å². The molecular weight excluding hydrogens is 257 g/mol. The normalized spacial score (nSPS) is 16.2. The van der Waals surface area contributed by atoms with Crippen molar-refractivity contribution in [3.8, 4) is 0 Å². The summed E-state index contributed by atoms with van der Waals surface area (Å²) in [6, 6.07) is 4.83. The molecule has 0 aliphatic carbocycles. The van der Waals surface area contributed by atoms with Gasteiger partial charge in [-0.15, -0.1) is 0 Å². The van der Waals surface area contributed by atoms with Crippen LogP contribution < -0.4 is 0 Å². The molecule has 0 amide bonds. The molecule has 0 aliphatic heterocycles. The zero-order valence-electron chi connectivity index (χ0n) is 11.3. The van der Waals surface area contributed by atoms with Gasteiger partial charge < -0.3 is 10.2 Å². The van der Waals surface area contributed by atoms with Crippen LogP contribution in [-0.4, -0.2) is 21.4 Å². The second-order valence-corrected chi connectivity index (χ2v) is 5.53. The molecular formula is C14H19F3O2. The molecule has 2 nitrogen and oxygen atoms in total. The van der Waals surface area contributed by atoms with Crippen LogP contribution >= 0.6 is 0 Å². The third-order valence-corrected chi connectivity index (χ3v) is 3.50. The number of alkyl halides is 3. The van der Waals surface area contributed by atoms with E-state index in [9.17, 15) is 23.4 Å². The Hall–Kier alpha value is -1.07. The van der Waals surface area contributed by atoms with Gasteiger partial charge in [0.2, 0.25) is 0 Å². The summed E-state index contributed by atoms with van der Waals surface area (Å²) in [5, 5.41) is 19.8. The van der Waals surface area contributed by atoms with Gasteiger partial charge in [-0.2, -0.15) is 13.2 Å². The Balaban J connectivity index is 2.70. The van der Waals surface area contributed by atoms with Gasteiger partial charge in [0.15, 0.2) is 0 Å². The van der Waals surface area contributed by atoms with Crippen LogP contribution in [0.25, 0.3) is 0 Å². The maximum Gasteiger partial charge on any atom is 0.416 e. The van der Waals surface area contributed by atoms with Crippen molar-refractivity contribution in [1.82, 2.24) is 0 Å². The smallest absolute Gasteiger partial charge is 0.387 e. The number of halogens is 3. The van der Waals surface area contributed by atoms with Crippen molar-refractivity contribution in [2.75, 3.05) is 0 Å². The molecule has 0 radical (unpaired) electrons. The topological polar surface area (TPSA) is 40.5 Å². The molecule has 19 heavy (non-hydrogen) atoms. The Bertz CT molecular complexity index is 414. The minimum Gasteiger partial charge on any atom is -0.387 e. The van der Waals surface area contributed by atoms with E-state index >= 15 is 0 Å². The Morgan fingerprint density at radius 3 is 1.79 bits per heavy atom. The third-order valence-electron chi connectivity index (χ3n) is 3.50. The number of aliphatic hydroxyl groups is 2. The molecule has 5 heteroatoms. The Kier molecular flexibility index (Phi) is 4.32. The Morgan fingerprint density at radius 1 is 0.947 bits per heavy atom. The first-order valence-electron chi connectivity index (χ1n) is 6.04. The first-order chi connectivity index (χ1) is 8.43. The summed E-state index contributed by atoms with van der Waals surface area (Å²) >= 11 is 0. The fourth-order valence-corrected chi connectivity index (χ4v) is 1.55. The molecule has 108 valence electrons. The highest BCUT2D eigenvalue weighted by Gasteiger charge is 2.37. The zero-order chi connectivity index (χ0) is 14.9. The molecule has 1 rings (SSSR count). The van der Waals surface area contributed by atoms with Crippen LogP contribution in [0, 0.1) is 0 Å². The van der Waals surface area contributed by atoms with Crippen LogP contribution in [0.2, 0.25) is 0 Å². The van der Waals surface area contributed by atoms with Crippen molar-refractivity contribution in [1.29, 1.82) is 0 Å². The van der Waals surface area contributed by atoms with Gasteiger partial charge in [0, 0.05) is 0 Å². The minimum absolute atomic E-state index is 0.266. The fourth-order valence-electron chi connectivity index (χ4n) is 1.55. The van der Waals surface area contributed by atoms with Crippen LogP contribution in [-0.2, 0) is 12.6 Å². The van der Waals surface area contributed by atoms with Crippen LogP contribution in [0.3, 0.4) is 0 Å². The molecule has 0 saturated heterocycles. The lowest BCUT2D eigenvalue weighted by Crippen LogP contribution is -2.47. The Labute approximate surface area is 110 Å². The van der Waals surface area contributed by atoms with Crippen molar-refractivity contribution in [3.05, 3.63) is 35.4 Å². The van der Waals surface area contributed by atoms with Crippen LogP contribution in [0.1, 0.15) is 38.3 Å². The van der Waals surface area contributed by atoms with Crippen LogP contribution in [0.5, 0.6) is 0 Å². The largest absolute Gasteiger partial charge is 0.416 e. The Morgan fingerprint density at radius 2 is 1.42 bits per heavy atom. The molecule has 1 aromatic carbocycles. The number of hydrogen-bond donors (Lipinski definition) is 2. The highest BCUT2D eigenvalue weighted by Crippen LogP contribution is 2.30. The van der Waals surface area contributed by atoms with Gasteiger partial charge in [0.1, 0.15) is 0 Å². The van der Waals surface area contributed by atoms with Crippen molar-refractivity contribution in [3.63, 3.8) is 0 Å². The summed E-state index contributed by atoms with van der Waals surface area (Å²) in [4.78, 5) is 0. The quantitative estimate of drug-likeness (QED) is 0.887. The molecule has 0 heterocycles. The van der Waals surface area contributed by atoms with E-state index in [0.717, 1.165) is 12.1 Å². The summed E-state index contributed by atoms with van der Waals surface area (Å²) in [6.45, 7) is 4.51. The average Bonchev–Trinajstić information content (AvgIpc) is 2.24. The van der Waals surface area contributed by atoms with E-state index < -0.39 is 22.9 Å². The predicted molar refractivity (Wildman–Crippen MR) is 66.7 cm³/mol. The third kappa shape index (κ3) is 4.21. The van der Waals surface area contributed by atoms with Gasteiger partial charge in [-0.3, -0.25) is 0 Å². The molecule has 0 aliphatic rings. The molecule has 0 fully saturated rings. The van der Waals surface area contributed by atoms with E-state index in [0.29, 0.717) is 12.0 Å². The lowest BCUT2D eigenvalue weighted by molar-refractivity contribution is -0.137. The van der Waals surface area contributed by atoms with E-state index in [4.69, 9.17) is 0 Å². The summed E-state index contributed by atoms with van der Waals surface area (Å²) in [5.74, 6) is 0. The molecule has 0 aromatic heterocycles. The second-order valence-electron chi connectivity index (χ2n) is 5.53. The second kappa shape index (κ2) is 5.13. The lowest BCUT2D eigenvalue weighted by atomic mass is 9.83. The van der Waals surface area contributed by atoms with Crippen molar-refractivity contribution >= 4 is 0 Å². The summed E-state index contributed by atoms with van der Waals surface area (Å²) in [5.41, 5.74) is -2.56. The molecule has 0 bridgehead atoms. The van der Waals surface area contributed by atoms with E-state index in [1.54, 1.807) is 0 Å². The first kappa shape index (κ1) is 16.0. The van der Waals surface area contributed by atoms with Gasteiger partial charge in [-0.1, -0.05) is 12.1 Å². The fraction of sp³-hybridized carbons (Fsp3) is 0.571. The molecule has 1 aromatic rings. The van der Waals surface area contributed by atoms with Gasteiger partial charge in [-0.25, -0.2) is 0 Å². The summed E-state index contributed by atoms with van der Waals surface area (Å²) < 4.78 is 37.1. The zero-order valence-corrected chi connectivity index (χ0v) is 11.3. The maximum atomic E-state index is 12.4. The lowest BCUT2D eigenvalue weighted by Gasteiger charge is -2.35. The predicted octanol–water partition coefficient (Wildman–Crippen LogP) is 3.16. The van der Waals surface area contributed by atoms with Crippen LogP contribution in [0.4, 0.5) is 13.2 Å². The minimum atomic E-state index is -4.34. The van der Waals surface area contributed by atoms with E-state index in [2.05, 4.69) is 0 Å². The molecule has 0 saturated carbocycles. The number of aryl methyl sites for hydroxylation is 1. The number of benzene rings is 1. The van der Waals surface area contributed by atoms with E-state index in [1.807, 2.05) is 0 Å². The SMILES string of the molecule is CC(C)(O)C(C)(O)CCc1ccc(C(F)(F)F)cc1. The highest BCUT2D eigenvalue weighted by atomic mass is 19.4. The number of rotatable bonds is 4. The van der Waals surface area contributed by atoms with E-state index in [1.165, 1.54) is 32.9 Å². The summed E-state index contributed by atoms with van der Waals surface area (Å²) in [6.07, 6.45) is -3.67. The monoisotopic (exact) mass is 276 g/mol. The number of hydrogen-bond acceptors (Lipinski definition) is 2. The van der Waals surface area contributed by atoms with Crippen molar-refractivity contribution in [2.24, 2.45) is 0 Å². The standard InChI is InChI=1S/C14H19F3O2/c1-12(2,18)13(3,19)9-8-10-4-6-11(7-5-10)14(15,16)17/h4-7,18-19H,8-9H2,1-3H3. The van der Waals surface area contributed by atoms with Gasteiger partial charge in [-0.05, 0) is 51.3 Å². The van der Waals surface area contributed by atoms with E-state index in [-0.39, 0.29) is 6.42 Å². The van der Waals surface area contributed by atoms with Crippen molar-refractivity contribution in [2.45, 2.75) is 51.0 Å². The maximum absolute atomic E-state index is 12.4. The van der Waals surface area contributed by atoms with Crippen LogP contribution in [0.15, 0.2) is 24.3 Å². The average molecular weight is 276 g/mol. The van der Waals surface area contributed by atoms with Gasteiger partial charge in [0.25, 0.3) is 0 Å².